The van der Waals surface area contributed by atoms with E-state index in [0.29, 0.717) is 18.8 Å². The second-order valence-corrected chi connectivity index (χ2v) is 6.06. The van der Waals surface area contributed by atoms with Gasteiger partial charge in [-0.3, -0.25) is 14.6 Å². The molecule has 0 aliphatic carbocycles. The lowest BCUT2D eigenvalue weighted by Gasteiger charge is -2.37. The molecule has 1 aromatic heterocycles. The van der Waals surface area contributed by atoms with Crippen molar-refractivity contribution in [1.29, 1.82) is 0 Å². The van der Waals surface area contributed by atoms with Gasteiger partial charge in [-0.1, -0.05) is 39.0 Å². The van der Waals surface area contributed by atoms with Gasteiger partial charge in [0.2, 0.25) is 5.91 Å². The number of hydrogen-bond acceptors (Lipinski definition) is 4. The minimum absolute atomic E-state index is 0.0572. The van der Waals surface area contributed by atoms with Gasteiger partial charge < -0.3 is 10.2 Å². The number of aromatic nitrogens is 2. The Morgan fingerprint density at radius 1 is 1.17 bits per heavy atom. The maximum atomic E-state index is 12.1. The van der Waals surface area contributed by atoms with Crippen molar-refractivity contribution in [2.24, 2.45) is 5.92 Å². The fourth-order valence-electron chi connectivity index (χ4n) is 2.64. The number of nitrogens with one attached hydrogen (secondary N) is 1. The number of nitrogens with zero attached hydrogens (tertiary/aromatic N) is 3. The molecule has 0 saturated carbocycles. The van der Waals surface area contributed by atoms with E-state index < -0.39 is 0 Å². The molecule has 0 atom stereocenters. The van der Waals surface area contributed by atoms with Gasteiger partial charge in [0.1, 0.15) is 5.69 Å². The summed E-state index contributed by atoms with van der Waals surface area (Å²) < 4.78 is 0. The molecule has 0 unspecified atom stereocenters. The molecule has 126 valence electrons. The maximum Gasteiger partial charge on any atom is 0.274 e. The number of rotatable bonds is 9. The molecule has 1 fully saturated rings. The predicted molar refractivity (Wildman–Crippen MR) is 87.8 cm³/mol. The normalized spacial score (nSPS) is 14.4. The molecule has 0 radical (unpaired) electrons. The van der Waals surface area contributed by atoms with Gasteiger partial charge in [-0.15, -0.1) is 0 Å². The summed E-state index contributed by atoms with van der Waals surface area (Å²) >= 11 is 0. The van der Waals surface area contributed by atoms with Gasteiger partial charge in [0.15, 0.2) is 0 Å². The number of hydrogen-bond donors (Lipinski definition) is 1. The molecule has 0 aromatic carbocycles. The summed E-state index contributed by atoms with van der Waals surface area (Å²) in [5.74, 6) is -0.185. The molecule has 2 rings (SSSR count). The lowest BCUT2D eigenvalue weighted by atomic mass is 9.98. The molecule has 0 bridgehead atoms. The molecule has 23 heavy (non-hydrogen) atoms. The van der Waals surface area contributed by atoms with E-state index in [1.807, 2.05) is 0 Å². The molecule has 2 heterocycles. The SMILES string of the molecule is CCCCCCCCNC(=O)C1CN(C(=O)c2cnccn2)C1. The fraction of sp³-hybridized carbons (Fsp3) is 0.647. The third-order valence-electron chi connectivity index (χ3n) is 4.15. The smallest absolute Gasteiger partial charge is 0.274 e. The summed E-state index contributed by atoms with van der Waals surface area (Å²) in [6.45, 7) is 3.88. The Bertz CT molecular complexity index is 501. The first-order valence-corrected chi connectivity index (χ1v) is 8.55. The average Bonchev–Trinajstić information content (AvgIpc) is 2.53. The maximum absolute atomic E-state index is 12.1. The Morgan fingerprint density at radius 3 is 2.61 bits per heavy atom. The van der Waals surface area contributed by atoms with Gasteiger partial charge in [0.05, 0.1) is 12.1 Å². The van der Waals surface area contributed by atoms with E-state index >= 15 is 0 Å². The van der Waals surface area contributed by atoms with Crippen LogP contribution < -0.4 is 5.32 Å². The van der Waals surface area contributed by atoms with Gasteiger partial charge in [0.25, 0.3) is 5.91 Å². The van der Waals surface area contributed by atoms with E-state index in [9.17, 15) is 9.59 Å². The summed E-state index contributed by atoms with van der Waals surface area (Å²) in [5.41, 5.74) is 0.332. The quantitative estimate of drug-likeness (QED) is 0.707. The Balaban J connectivity index is 1.58. The Morgan fingerprint density at radius 2 is 1.91 bits per heavy atom. The van der Waals surface area contributed by atoms with Crippen molar-refractivity contribution < 1.29 is 9.59 Å². The van der Waals surface area contributed by atoms with Gasteiger partial charge in [-0.25, -0.2) is 4.98 Å². The van der Waals surface area contributed by atoms with Crippen LogP contribution in [0.1, 0.15) is 55.9 Å². The van der Waals surface area contributed by atoms with Gasteiger partial charge >= 0.3 is 0 Å². The zero-order chi connectivity index (χ0) is 16.5. The molecule has 1 saturated heterocycles. The highest BCUT2D eigenvalue weighted by atomic mass is 16.2. The highest BCUT2D eigenvalue weighted by Crippen LogP contribution is 2.17. The molecule has 6 nitrogen and oxygen atoms in total. The van der Waals surface area contributed by atoms with Crippen LogP contribution in [0.2, 0.25) is 0 Å². The first kappa shape index (κ1) is 17.4. The van der Waals surface area contributed by atoms with E-state index in [4.69, 9.17) is 0 Å². The molecule has 6 heteroatoms. The highest BCUT2D eigenvalue weighted by molar-refractivity contribution is 5.94. The van der Waals surface area contributed by atoms with E-state index in [0.717, 1.165) is 13.0 Å². The van der Waals surface area contributed by atoms with Crippen molar-refractivity contribution in [2.75, 3.05) is 19.6 Å². The van der Waals surface area contributed by atoms with Crippen LogP contribution in [0.25, 0.3) is 0 Å². The van der Waals surface area contributed by atoms with E-state index in [2.05, 4.69) is 22.2 Å². The number of likely N-dealkylation sites (tertiary alicyclic amines) is 1. The average molecular weight is 318 g/mol. The lowest BCUT2D eigenvalue weighted by molar-refractivity contribution is -0.128. The predicted octanol–water partition coefficient (Wildman–Crippen LogP) is 2.03. The van der Waals surface area contributed by atoms with Crippen molar-refractivity contribution in [3.8, 4) is 0 Å². The molecular formula is C17H26N4O2. The monoisotopic (exact) mass is 318 g/mol. The topological polar surface area (TPSA) is 75.2 Å². The van der Waals surface area contributed by atoms with Gasteiger partial charge in [-0.05, 0) is 6.42 Å². The van der Waals surface area contributed by atoms with Crippen LogP contribution in [0, 0.1) is 5.92 Å². The van der Waals surface area contributed by atoms with Crippen molar-refractivity contribution in [2.45, 2.75) is 45.4 Å². The van der Waals surface area contributed by atoms with Crippen molar-refractivity contribution in [3.63, 3.8) is 0 Å². The summed E-state index contributed by atoms with van der Waals surface area (Å²) in [5, 5.41) is 2.97. The molecule has 1 aliphatic heterocycles. The van der Waals surface area contributed by atoms with Crippen molar-refractivity contribution in [3.05, 3.63) is 24.3 Å². The van der Waals surface area contributed by atoms with Crippen LogP contribution in [0.3, 0.4) is 0 Å². The Kier molecular flexibility index (Phi) is 6.97. The van der Waals surface area contributed by atoms with Crippen molar-refractivity contribution >= 4 is 11.8 Å². The third kappa shape index (κ3) is 5.30. The number of unbranched alkanes of at least 4 members (excludes halogenated alkanes) is 5. The van der Waals surface area contributed by atoms with Crippen LogP contribution in [-0.2, 0) is 4.79 Å². The summed E-state index contributed by atoms with van der Waals surface area (Å²) in [4.78, 5) is 33.6. The zero-order valence-corrected chi connectivity index (χ0v) is 13.8. The van der Waals surface area contributed by atoms with Gasteiger partial charge in [-0.2, -0.15) is 0 Å². The standard InChI is InChI=1S/C17H26N4O2/c1-2-3-4-5-6-7-8-20-16(22)14-12-21(13-14)17(23)15-11-18-9-10-19-15/h9-11,14H,2-8,12-13H2,1H3,(H,20,22). The van der Waals surface area contributed by atoms with Crippen molar-refractivity contribution in [1.82, 2.24) is 20.2 Å². The molecule has 0 spiro atoms. The minimum atomic E-state index is -0.155. The van der Waals surface area contributed by atoms with Crippen LogP contribution in [0.4, 0.5) is 0 Å². The highest BCUT2D eigenvalue weighted by Gasteiger charge is 2.36. The Labute approximate surface area is 137 Å². The number of carbonyl (C=O) groups is 2. The molecular weight excluding hydrogens is 292 g/mol. The van der Waals surface area contributed by atoms with E-state index in [1.54, 1.807) is 4.90 Å². The molecule has 1 N–H and O–H groups in total. The Hall–Kier alpha value is -1.98. The van der Waals surface area contributed by atoms with E-state index in [-0.39, 0.29) is 17.7 Å². The fourth-order valence-corrected chi connectivity index (χ4v) is 2.64. The first-order valence-electron chi connectivity index (χ1n) is 8.55. The third-order valence-corrected chi connectivity index (χ3v) is 4.15. The van der Waals surface area contributed by atoms with Crippen LogP contribution in [0.5, 0.6) is 0 Å². The molecule has 2 amide bonds. The molecule has 1 aliphatic rings. The second kappa shape index (κ2) is 9.22. The minimum Gasteiger partial charge on any atom is -0.356 e. The van der Waals surface area contributed by atoms with E-state index in [1.165, 1.54) is 50.7 Å². The lowest BCUT2D eigenvalue weighted by Crippen LogP contribution is -2.55. The van der Waals surface area contributed by atoms with Gasteiger partial charge in [0, 0.05) is 32.0 Å². The summed E-state index contributed by atoms with van der Waals surface area (Å²) in [6, 6.07) is 0. The van der Waals surface area contributed by atoms with Crippen LogP contribution in [0.15, 0.2) is 18.6 Å². The van der Waals surface area contributed by atoms with Crippen LogP contribution in [-0.4, -0.2) is 46.3 Å². The number of carbonyl (C=O) groups excluding carboxylic acids is 2. The first-order chi connectivity index (χ1) is 11.2. The van der Waals surface area contributed by atoms with Crippen LogP contribution >= 0.6 is 0 Å². The largest absolute Gasteiger partial charge is 0.356 e. The summed E-state index contributed by atoms with van der Waals surface area (Å²) in [7, 11) is 0. The molecule has 1 aromatic rings. The summed E-state index contributed by atoms with van der Waals surface area (Å²) in [6.07, 6.45) is 11.8. The number of amides is 2. The zero-order valence-electron chi connectivity index (χ0n) is 13.8. The second-order valence-electron chi connectivity index (χ2n) is 6.06.